The maximum Gasteiger partial charge on any atom is 0.241 e. The molecular weight excluding hydrogens is 512 g/mol. The van der Waals surface area contributed by atoms with E-state index in [0.29, 0.717) is 12.8 Å². The lowest BCUT2D eigenvalue weighted by molar-refractivity contribution is -0.116. The lowest BCUT2D eigenvalue weighted by Gasteiger charge is -2.16. The fourth-order valence-corrected chi connectivity index (χ4v) is 5.63. The van der Waals surface area contributed by atoms with Crippen molar-refractivity contribution in [3.8, 4) is 0 Å². The number of nitrogens with one attached hydrogen (secondary N) is 2. The van der Waals surface area contributed by atoms with Crippen molar-refractivity contribution < 1.29 is 13.2 Å². The molecule has 0 heterocycles. The number of carbonyl (C=O) groups excluding carboxylic acids is 1. The Labute approximate surface area is 211 Å². The number of rotatable bonds is 10. The first-order valence-electron chi connectivity index (χ1n) is 11.5. The van der Waals surface area contributed by atoms with Crippen LogP contribution in [0.25, 0.3) is 0 Å². The van der Waals surface area contributed by atoms with Gasteiger partial charge in [-0.2, -0.15) is 0 Å². The molecule has 0 bridgehead atoms. The SMILES string of the molecule is CCc1cc(Br)cc(CC)c1NC(=O)CCc1ccc(S(=O)(=O)N[C@@H](C)c2ccccc2)cc1. The van der Waals surface area contributed by atoms with Crippen LogP contribution in [-0.4, -0.2) is 14.3 Å². The predicted octanol–water partition coefficient (Wildman–Crippen LogP) is 6.18. The first-order valence-corrected chi connectivity index (χ1v) is 13.8. The van der Waals surface area contributed by atoms with Crippen LogP contribution in [0.1, 0.15) is 55.5 Å². The van der Waals surface area contributed by atoms with Gasteiger partial charge < -0.3 is 5.32 Å². The summed E-state index contributed by atoms with van der Waals surface area (Å²) in [7, 11) is -3.65. The van der Waals surface area contributed by atoms with E-state index in [1.165, 1.54) is 0 Å². The molecule has 180 valence electrons. The summed E-state index contributed by atoms with van der Waals surface area (Å²) < 4.78 is 29.3. The number of halogens is 1. The number of hydrogen-bond acceptors (Lipinski definition) is 3. The van der Waals surface area contributed by atoms with Gasteiger partial charge in [-0.25, -0.2) is 13.1 Å². The Hall–Kier alpha value is -2.48. The summed E-state index contributed by atoms with van der Waals surface area (Å²) in [6, 6.07) is 19.9. The van der Waals surface area contributed by atoms with Crippen molar-refractivity contribution in [2.24, 2.45) is 0 Å². The molecule has 34 heavy (non-hydrogen) atoms. The molecule has 0 aromatic heterocycles. The van der Waals surface area contributed by atoms with Gasteiger partial charge in [0.15, 0.2) is 0 Å². The minimum atomic E-state index is -3.65. The summed E-state index contributed by atoms with van der Waals surface area (Å²) in [5.41, 5.74) is 4.92. The van der Waals surface area contributed by atoms with Crippen LogP contribution in [0, 0.1) is 0 Å². The van der Waals surface area contributed by atoms with E-state index in [1.807, 2.05) is 49.4 Å². The monoisotopic (exact) mass is 542 g/mol. The summed E-state index contributed by atoms with van der Waals surface area (Å²) >= 11 is 3.54. The standard InChI is InChI=1S/C27H31BrN2O3S/c1-4-21-17-24(28)18-22(5-2)27(21)29-26(31)16-13-20-11-14-25(15-12-20)34(32,33)30-19(3)23-9-7-6-8-10-23/h6-12,14-15,17-19,30H,4-5,13,16H2,1-3H3,(H,29,31)/t19-/m0/s1. The maximum atomic E-state index is 12.8. The van der Waals surface area contributed by atoms with Crippen LogP contribution in [0.2, 0.25) is 0 Å². The van der Waals surface area contributed by atoms with Crippen molar-refractivity contribution in [3.63, 3.8) is 0 Å². The van der Waals surface area contributed by atoms with Crippen LogP contribution in [0.5, 0.6) is 0 Å². The van der Waals surface area contributed by atoms with E-state index >= 15 is 0 Å². The highest BCUT2D eigenvalue weighted by molar-refractivity contribution is 9.10. The van der Waals surface area contributed by atoms with E-state index in [1.54, 1.807) is 24.3 Å². The maximum absolute atomic E-state index is 12.8. The largest absolute Gasteiger partial charge is 0.326 e. The number of sulfonamides is 1. The van der Waals surface area contributed by atoms with Gasteiger partial charge in [0.1, 0.15) is 0 Å². The van der Waals surface area contributed by atoms with E-state index < -0.39 is 10.0 Å². The average Bonchev–Trinajstić information content (AvgIpc) is 2.84. The van der Waals surface area contributed by atoms with Gasteiger partial charge in [0.2, 0.25) is 15.9 Å². The van der Waals surface area contributed by atoms with Crippen molar-refractivity contribution in [1.82, 2.24) is 4.72 Å². The van der Waals surface area contributed by atoms with E-state index in [-0.39, 0.29) is 16.8 Å². The van der Waals surface area contributed by atoms with Crippen molar-refractivity contribution in [3.05, 3.63) is 93.5 Å². The summed E-state index contributed by atoms with van der Waals surface area (Å²) in [6.07, 6.45) is 2.50. The molecule has 0 fully saturated rings. The molecule has 0 spiro atoms. The van der Waals surface area contributed by atoms with E-state index in [0.717, 1.165) is 45.3 Å². The Bertz CT molecular complexity index is 1200. The highest BCUT2D eigenvalue weighted by atomic mass is 79.9. The predicted molar refractivity (Wildman–Crippen MR) is 141 cm³/mol. The molecule has 0 aliphatic heterocycles. The third-order valence-corrected chi connectivity index (χ3v) is 7.81. The molecule has 0 saturated heterocycles. The number of hydrogen-bond donors (Lipinski definition) is 2. The third-order valence-electron chi connectivity index (χ3n) is 5.80. The zero-order valence-electron chi connectivity index (χ0n) is 19.8. The highest BCUT2D eigenvalue weighted by Gasteiger charge is 2.18. The minimum Gasteiger partial charge on any atom is -0.326 e. The van der Waals surface area contributed by atoms with Gasteiger partial charge >= 0.3 is 0 Å². The number of benzene rings is 3. The molecule has 0 unspecified atom stereocenters. The van der Waals surface area contributed by atoms with Crippen LogP contribution >= 0.6 is 15.9 Å². The molecular formula is C27H31BrN2O3S. The lowest BCUT2D eigenvalue weighted by Crippen LogP contribution is -2.26. The van der Waals surface area contributed by atoms with Crippen LogP contribution in [-0.2, 0) is 34.1 Å². The number of anilines is 1. The Morgan fingerprint density at radius 3 is 2.09 bits per heavy atom. The van der Waals surface area contributed by atoms with E-state index in [4.69, 9.17) is 0 Å². The number of carbonyl (C=O) groups is 1. The van der Waals surface area contributed by atoms with Gasteiger partial charge in [-0.1, -0.05) is 72.2 Å². The van der Waals surface area contributed by atoms with Crippen LogP contribution in [0.15, 0.2) is 76.1 Å². The molecule has 1 atom stereocenters. The summed E-state index contributed by atoms with van der Waals surface area (Å²) in [5.74, 6) is -0.0539. The number of amides is 1. The van der Waals surface area contributed by atoms with Crippen molar-refractivity contribution >= 4 is 37.5 Å². The zero-order valence-corrected chi connectivity index (χ0v) is 22.2. The quantitative estimate of drug-likeness (QED) is 0.321. The topological polar surface area (TPSA) is 75.3 Å². The molecule has 3 aromatic rings. The highest BCUT2D eigenvalue weighted by Crippen LogP contribution is 2.28. The van der Waals surface area contributed by atoms with Crippen molar-refractivity contribution in [2.75, 3.05) is 5.32 Å². The van der Waals surface area contributed by atoms with Gasteiger partial charge in [-0.15, -0.1) is 0 Å². The first-order chi connectivity index (χ1) is 16.2. The van der Waals surface area contributed by atoms with E-state index in [2.05, 4.69) is 39.8 Å². The molecule has 0 aliphatic carbocycles. The van der Waals surface area contributed by atoms with Crippen LogP contribution in [0.3, 0.4) is 0 Å². The summed E-state index contributed by atoms with van der Waals surface area (Å²) in [5, 5.41) is 3.09. The zero-order chi connectivity index (χ0) is 24.7. The Balaban J connectivity index is 1.61. The normalized spacial score (nSPS) is 12.4. The van der Waals surface area contributed by atoms with Gasteiger partial charge in [0, 0.05) is 22.6 Å². The van der Waals surface area contributed by atoms with Crippen molar-refractivity contribution in [1.29, 1.82) is 0 Å². The Kier molecular flexibility index (Phi) is 9.05. The second-order valence-electron chi connectivity index (χ2n) is 8.25. The summed E-state index contributed by atoms with van der Waals surface area (Å²) in [6.45, 7) is 5.96. The summed E-state index contributed by atoms with van der Waals surface area (Å²) in [4.78, 5) is 12.9. The van der Waals surface area contributed by atoms with Gasteiger partial charge in [-0.05, 0) is 72.7 Å². The molecule has 3 aromatic carbocycles. The number of aryl methyl sites for hydroxylation is 3. The Morgan fingerprint density at radius 2 is 1.53 bits per heavy atom. The molecule has 7 heteroatoms. The average molecular weight is 544 g/mol. The minimum absolute atomic E-state index is 0.0539. The third kappa shape index (κ3) is 6.78. The lowest BCUT2D eigenvalue weighted by atomic mass is 10.0. The molecule has 0 radical (unpaired) electrons. The van der Waals surface area contributed by atoms with Crippen molar-refractivity contribution in [2.45, 2.75) is 57.4 Å². The Morgan fingerprint density at radius 1 is 0.941 bits per heavy atom. The smallest absolute Gasteiger partial charge is 0.241 e. The van der Waals surface area contributed by atoms with Gasteiger partial charge in [-0.3, -0.25) is 4.79 Å². The van der Waals surface area contributed by atoms with Crippen LogP contribution < -0.4 is 10.0 Å². The second kappa shape index (κ2) is 11.8. The molecule has 5 nitrogen and oxygen atoms in total. The first kappa shape index (κ1) is 26.1. The molecule has 1 amide bonds. The second-order valence-corrected chi connectivity index (χ2v) is 10.9. The fraction of sp³-hybridized carbons (Fsp3) is 0.296. The molecule has 0 aliphatic rings. The molecule has 3 rings (SSSR count). The van der Waals surface area contributed by atoms with Crippen LogP contribution in [0.4, 0.5) is 5.69 Å². The molecule has 2 N–H and O–H groups in total. The van der Waals surface area contributed by atoms with E-state index in [9.17, 15) is 13.2 Å². The fourth-order valence-electron chi connectivity index (χ4n) is 3.85. The molecule has 0 saturated carbocycles. The van der Waals surface area contributed by atoms with Gasteiger partial charge in [0.25, 0.3) is 0 Å². The van der Waals surface area contributed by atoms with Gasteiger partial charge in [0.05, 0.1) is 4.90 Å².